The first kappa shape index (κ1) is 15.3. The number of anilines is 1. The molecule has 0 radical (unpaired) electrons. The third kappa shape index (κ3) is 4.20. The van der Waals surface area contributed by atoms with Crippen molar-refractivity contribution in [3.63, 3.8) is 0 Å². The van der Waals surface area contributed by atoms with E-state index in [2.05, 4.69) is 5.32 Å². The lowest BCUT2D eigenvalue weighted by molar-refractivity contribution is -0.118. The zero-order chi connectivity index (χ0) is 15.4. The van der Waals surface area contributed by atoms with Crippen LogP contribution in [0.3, 0.4) is 0 Å². The Morgan fingerprint density at radius 2 is 2.00 bits per heavy atom. The molecule has 2 rings (SSSR count). The summed E-state index contributed by atoms with van der Waals surface area (Å²) in [5.74, 6) is -0.383. The number of carbonyl (C=O) groups excluding carboxylic acids is 1. The van der Waals surface area contributed by atoms with Crippen LogP contribution in [-0.2, 0) is 4.79 Å². The fraction of sp³-hybridized carbons (Fsp3) is 0.188. The minimum absolute atomic E-state index is 0.0774. The van der Waals surface area contributed by atoms with Gasteiger partial charge in [-0.25, -0.2) is 4.39 Å². The van der Waals surface area contributed by atoms with Crippen LogP contribution in [0, 0.1) is 19.7 Å². The van der Waals surface area contributed by atoms with Gasteiger partial charge in [0.15, 0.2) is 6.61 Å². The number of hydrogen-bond donors (Lipinski definition) is 1. The van der Waals surface area contributed by atoms with Gasteiger partial charge in [0.1, 0.15) is 11.6 Å². The van der Waals surface area contributed by atoms with Crippen molar-refractivity contribution in [1.29, 1.82) is 0 Å². The summed E-state index contributed by atoms with van der Waals surface area (Å²) in [7, 11) is 0. The van der Waals surface area contributed by atoms with Crippen LogP contribution in [0.15, 0.2) is 36.4 Å². The number of nitrogens with one attached hydrogen (secondary N) is 1. The highest BCUT2D eigenvalue weighted by molar-refractivity contribution is 6.30. The summed E-state index contributed by atoms with van der Waals surface area (Å²) < 4.78 is 19.0. The Labute approximate surface area is 127 Å². The van der Waals surface area contributed by atoms with Crippen molar-refractivity contribution in [2.75, 3.05) is 11.9 Å². The molecule has 1 N–H and O–H groups in total. The van der Waals surface area contributed by atoms with Gasteiger partial charge in [-0.05, 0) is 43.7 Å². The second-order valence-corrected chi connectivity index (χ2v) is 5.17. The van der Waals surface area contributed by atoms with Crippen molar-refractivity contribution in [2.45, 2.75) is 13.8 Å². The van der Waals surface area contributed by atoms with E-state index < -0.39 is 11.7 Å². The van der Waals surface area contributed by atoms with E-state index in [4.69, 9.17) is 16.3 Å². The maximum atomic E-state index is 13.5. The molecule has 5 heteroatoms. The summed E-state index contributed by atoms with van der Waals surface area (Å²) in [5, 5.41) is 2.72. The number of rotatable bonds is 4. The highest BCUT2D eigenvalue weighted by atomic mass is 35.5. The van der Waals surface area contributed by atoms with Gasteiger partial charge in [-0.1, -0.05) is 29.3 Å². The fourth-order valence-corrected chi connectivity index (χ4v) is 2.04. The number of aryl methyl sites for hydroxylation is 2. The SMILES string of the molecule is Cc1ccc(OCC(=O)Nc2ccc(Cl)cc2F)c(C)c1. The average Bonchev–Trinajstić information content (AvgIpc) is 2.41. The van der Waals surface area contributed by atoms with Crippen molar-refractivity contribution in [2.24, 2.45) is 0 Å². The molecular weight excluding hydrogens is 293 g/mol. The highest BCUT2D eigenvalue weighted by Gasteiger charge is 2.09. The summed E-state index contributed by atoms with van der Waals surface area (Å²) in [4.78, 5) is 11.8. The molecule has 0 atom stereocenters. The van der Waals surface area contributed by atoms with Crippen LogP contribution in [0.1, 0.15) is 11.1 Å². The molecule has 110 valence electrons. The van der Waals surface area contributed by atoms with Crippen molar-refractivity contribution in [1.82, 2.24) is 0 Å². The zero-order valence-corrected chi connectivity index (χ0v) is 12.5. The van der Waals surface area contributed by atoms with Crippen LogP contribution >= 0.6 is 11.6 Å². The molecule has 0 unspecified atom stereocenters. The number of hydrogen-bond acceptors (Lipinski definition) is 2. The van der Waals surface area contributed by atoms with E-state index in [1.54, 1.807) is 6.07 Å². The van der Waals surface area contributed by atoms with E-state index in [1.165, 1.54) is 12.1 Å². The minimum atomic E-state index is -0.581. The summed E-state index contributed by atoms with van der Waals surface area (Å²) >= 11 is 5.65. The molecule has 3 nitrogen and oxygen atoms in total. The Bertz CT molecular complexity index is 673. The highest BCUT2D eigenvalue weighted by Crippen LogP contribution is 2.20. The average molecular weight is 308 g/mol. The first-order valence-electron chi connectivity index (χ1n) is 6.40. The van der Waals surface area contributed by atoms with Gasteiger partial charge < -0.3 is 10.1 Å². The topological polar surface area (TPSA) is 38.3 Å². The van der Waals surface area contributed by atoms with E-state index >= 15 is 0 Å². The summed E-state index contributed by atoms with van der Waals surface area (Å²) in [6.45, 7) is 3.69. The van der Waals surface area contributed by atoms with Crippen LogP contribution in [0.4, 0.5) is 10.1 Å². The predicted molar refractivity (Wildman–Crippen MR) is 81.5 cm³/mol. The van der Waals surface area contributed by atoms with E-state index in [9.17, 15) is 9.18 Å². The molecule has 0 spiro atoms. The maximum absolute atomic E-state index is 13.5. The molecule has 0 saturated heterocycles. The van der Waals surface area contributed by atoms with E-state index in [0.717, 1.165) is 17.2 Å². The van der Waals surface area contributed by atoms with Crippen LogP contribution in [0.5, 0.6) is 5.75 Å². The second kappa shape index (κ2) is 6.59. The molecule has 0 saturated carbocycles. The van der Waals surface area contributed by atoms with E-state index in [0.29, 0.717) is 5.75 Å². The first-order valence-corrected chi connectivity index (χ1v) is 6.78. The standard InChI is InChI=1S/C16H15ClFNO2/c1-10-3-6-15(11(2)7-10)21-9-16(20)19-14-5-4-12(17)8-13(14)18/h3-8H,9H2,1-2H3,(H,19,20). The molecular formula is C16H15ClFNO2. The fourth-order valence-electron chi connectivity index (χ4n) is 1.88. The Hall–Kier alpha value is -2.07. The van der Waals surface area contributed by atoms with Gasteiger partial charge in [-0.2, -0.15) is 0 Å². The van der Waals surface area contributed by atoms with Gasteiger partial charge in [0, 0.05) is 5.02 Å². The van der Waals surface area contributed by atoms with Gasteiger partial charge in [-0.3, -0.25) is 4.79 Å². The zero-order valence-electron chi connectivity index (χ0n) is 11.7. The van der Waals surface area contributed by atoms with Crippen LogP contribution in [0.25, 0.3) is 0 Å². The Balaban J connectivity index is 1.96. The number of halogens is 2. The molecule has 1 amide bonds. The molecule has 0 bridgehead atoms. The van der Waals surface area contributed by atoms with Crippen LogP contribution in [-0.4, -0.2) is 12.5 Å². The molecule has 0 aliphatic heterocycles. The lowest BCUT2D eigenvalue weighted by Crippen LogP contribution is -2.21. The lowest BCUT2D eigenvalue weighted by Gasteiger charge is -2.10. The number of benzene rings is 2. The molecule has 2 aromatic rings. The van der Waals surface area contributed by atoms with Crippen molar-refractivity contribution in [3.8, 4) is 5.75 Å². The summed E-state index contributed by atoms with van der Waals surface area (Å²) in [6, 6.07) is 9.73. The van der Waals surface area contributed by atoms with Gasteiger partial charge in [0.05, 0.1) is 5.69 Å². The molecule has 0 aliphatic carbocycles. The van der Waals surface area contributed by atoms with Crippen molar-refractivity contribution >= 4 is 23.2 Å². The molecule has 21 heavy (non-hydrogen) atoms. The molecule has 2 aromatic carbocycles. The van der Waals surface area contributed by atoms with Gasteiger partial charge >= 0.3 is 0 Å². The normalized spacial score (nSPS) is 10.3. The number of ether oxygens (including phenoxy) is 1. The van der Waals surface area contributed by atoms with Gasteiger partial charge in [0.25, 0.3) is 5.91 Å². The quantitative estimate of drug-likeness (QED) is 0.923. The number of carbonyl (C=O) groups is 1. The largest absolute Gasteiger partial charge is 0.483 e. The maximum Gasteiger partial charge on any atom is 0.262 e. The Kier molecular flexibility index (Phi) is 4.81. The van der Waals surface area contributed by atoms with Crippen LogP contribution < -0.4 is 10.1 Å². The molecule has 0 aliphatic rings. The predicted octanol–water partition coefficient (Wildman–Crippen LogP) is 4.11. The smallest absolute Gasteiger partial charge is 0.262 e. The summed E-state index contributed by atoms with van der Waals surface area (Å²) in [5.41, 5.74) is 2.14. The minimum Gasteiger partial charge on any atom is -0.483 e. The number of amides is 1. The second-order valence-electron chi connectivity index (χ2n) is 4.73. The van der Waals surface area contributed by atoms with Gasteiger partial charge in [0.2, 0.25) is 0 Å². The van der Waals surface area contributed by atoms with Crippen LogP contribution in [0.2, 0.25) is 5.02 Å². The molecule has 0 heterocycles. The lowest BCUT2D eigenvalue weighted by atomic mass is 10.1. The molecule has 0 fully saturated rings. The van der Waals surface area contributed by atoms with Gasteiger partial charge in [-0.15, -0.1) is 0 Å². The monoisotopic (exact) mass is 307 g/mol. The van der Waals surface area contributed by atoms with Crippen molar-refractivity contribution in [3.05, 3.63) is 58.4 Å². The third-order valence-corrected chi connectivity index (χ3v) is 3.13. The van der Waals surface area contributed by atoms with Crippen molar-refractivity contribution < 1.29 is 13.9 Å². The summed E-state index contributed by atoms with van der Waals surface area (Å²) in [6.07, 6.45) is 0. The third-order valence-electron chi connectivity index (χ3n) is 2.89. The van der Waals surface area contributed by atoms with E-state index in [-0.39, 0.29) is 17.3 Å². The molecule has 0 aromatic heterocycles. The Morgan fingerprint density at radius 1 is 1.24 bits per heavy atom. The first-order chi connectivity index (χ1) is 9.95. The van der Waals surface area contributed by atoms with E-state index in [1.807, 2.05) is 26.0 Å². The Morgan fingerprint density at radius 3 is 2.67 bits per heavy atom.